The number of rotatable bonds is 3. The molecule has 0 fully saturated rings. The zero-order valence-electron chi connectivity index (χ0n) is 10.1. The van der Waals surface area contributed by atoms with E-state index in [-0.39, 0.29) is 6.04 Å². The van der Waals surface area contributed by atoms with Crippen LogP contribution in [0.4, 0.5) is 5.69 Å². The number of hydrogen-bond donors (Lipinski definition) is 1. The van der Waals surface area contributed by atoms with Gasteiger partial charge in [-0.15, -0.1) is 5.10 Å². The third-order valence-corrected chi connectivity index (χ3v) is 3.63. The Balaban J connectivity index is 2.53. The molecule has 1 unspecified atom stereocenters. The monoisotopic (exact) mass is 285 g/mol. The van der Waals surface area contributed by atoms with E-state index in [4.69, 9.17) is 28.9 Å². The summed E-state index contributed by atoms with van der Waals surface area (Å²) in [6.45, 7) is 4.11. The lowest BCUT2D eigenvalue weighted by Crippen LogP contribution is -2.08. The highest BCUT2D eigenvalue weighted by molar-refractivity contribution is 6.43. The summed E-state index contributed by atoms with van der Waals surface area (Å²) in [5, 5.41) is 12.4. The van der Waals surface area contributed by atoms with E-state index in [1.807, 2.05) is 6.92 Å². The summed E-state index contributed by atoms with van der Waals surface area (Å²) in [6.07, 6.45) is 0.925. The Hall–Kier alpha value is -1.33. The van der Waals surface area contributed by atoms with Gasteiger partial charge in [0.25, 0.3) is 0 Å². The van der Waals surface area contributed by atoms with E-state index in [2.05, 4.69) is 22.4 Å². The van der Waals surface area contributed by atoms with E-state index in [9.17, 15) is 0 Å². The van der Waals surface area contributed by atoms with E-state index in [0.29, 0.717) is 21.6 Å². The first kappa shape index (κ1) is 13.1. The minimum absolute atomic E-state index is 0.200. The van der Waals surface area contributed by atoms with Crippen molar-refractivity contribution in [1.82, 2.24) is 20.2 Å². The van der Waals surface area contributed by atoms with Crippen LogP contribution in [0, 0.1) is 0 Å². The molecule has 0 saturated heterocycles. The van der Waals surface area contributed by atoms with Gasteiger partial charge in [-0.05, 0) is 35.9 Å². The maximum Gasteiger partial charge on any atom is 0.182 e. The minimum atomic E-state index is 0.200. The molecule has 7 heteroatoms. The zero-order valence-corrected chi connectivity index (χ0v) is 11.6. The average Bonchev–Trinajstić information content (AvgIpc) is 2.83. The van der Waals surface area contributed by atoms with Gasteiger partial charge in [-0.1, -0.05) is 30.1 Å². The lowest BCUT2D eigenvalue weighted by Gasteiger charge is -2.11. The molecule has 1 aromatic carbocycles. The summed E-state index contributed by atoms with van der Waals surface area (Å²) in [4.78, 5) is 0. The summed E-state index contributed by atoms with van der Waals surface area (Å²) in [7, 11) is 0. The third-order valence-electron chi connectivity index (χ3n) is 2.82. The van der Waals surface area contributed by atoms with Gasteiger partial charge in [0.15, 0.2) is 5.82 Å². The topological polar surface area (TPSA) is 69.6 Å². The number of nitrogens with two attached hydrogens (primary N) is 1. The fourth-order valence-electron chi connectivity index (χ4n) is 1.59. The van der Waals surface area contributed by atoms with Crippen LogP contribution >= 0.6 is 23.2 Å². The second-order valence-electron chi connectivity index (χ2n) is 4.07. The van der Waals surface area contributed by atoms with Gasteiger partial charge in [0.05, 0.1) is 21.8 Å². The number of anilines is 1. The van der Waals surface area contributed by atoms with Crippen molar-refractivity contribution in [3.63, 3.8) is 0 Å². The Morgan fingerprint density at radius 1 is 1.39 bits per heavy atom. The molecule has 0 aliphatic rings. The molecule has 0 aliphatic heterocycles. The van der Waals surface area contributed by atoms with Crippen molar-refractivity contribution in [2.75, 3.05) is 5.73 Å². The van der Waals surface area contributed by atoms with Crippen molar-refractivity contribution in [3.05, 3.63) is 22.2 Å². The Labute approximate surface area is 115 Å². The summed E-state index contributed by atoms with van der Waals surface area (Å²) in [5.41, 5.74) is 6.96. The fourth-order valence-corrected chi connectivity index (χ4v) is 1.93. The van der Waals surface area contributed by atoms with E-state index in [1.54, 1.807) is 16.8 Å². The van der Waals surface area contributed by atoms with E-state index >= 15 is 0 Å². The molecule has 0 bridgehead atoms. The van der Waals surface area contributed by atoms with Crippen LogP contribution < -0.4 is 5.73 Å². The number of nitrogens with zero attached hydrogens (tertiary/aromatic N) is 4. The molecule has 0 aliphatic carbocycles. The molecule has 1 aromatic heterocycles. The van der Waals surface area contributed by atoms with Crippen molar-refractivity contribution in [2.24, 2.45) is 0 Å². The molecule has 2 N–H and O–H groups in total. The summed E-state index contributed by atoms with van der Waals surface area (Å²) < 4.78 is 1.75. The molecule has 2 aromatic rings. The Kier molecular flexibility index (Phi) is 3.73. The normalized spacial score (nSPS) is 12.7. The minimum Gasteiger partial charge on any atom is -0.397 e. The van der Waals surface area contributed by atoms with Crippen LogP contribution in [0.2, 0.25) is 10.0 Å². The van der Waals surface area contributed by atoms with Crippen molar-refractivity contribution < 1.29 is 0 Å². The number of nitrogen functional groups attached to an aromatic ring is 1. The highest BCUT2D eigenvalue weighted by atomic mass is 35.5. The Morgan fingerprint density at radius 3 is 2.72 bits per heavy atom. The number of benzene rings is 1. The standard InChI is InChI=1S/C11H13Cl2N5/c1-3-6(2)18-11(15-16-17-18)7-4-8(12)10(13)9(14)5-7/h4-6H,3,14H2,1-2H3. The van der Waals surface area contributed by atoms with Crippen LogP contribution in [0.25, 0.3) is 11.4 Å². The van der Waals surface area contributed by atoms with Gasteiger partial charge in [0.1, 0.15) is 0 Å². The van der Waals surface area contributed by atoms with E-state index < -0.39 is 0 Å². The quantitative estimate of drug-likeness (QED) is 0.880. The molecular formula is C11H13Cl2N5. The fraction of sp³-hybridized carbons (Fsp3) is 0.364. The van der Waals surface area contributed by atoms with Crippen LogP contribution in [0.15, 0.2) is 12.1 Å². The predicted octanol–water partition coefficient (Wildman–Crippen LogP) is 3.20. The smallest absolute Gasteiger partial charge is 0.182 e. The van der Waals surface area contributed by atoms with Crippen LogP contribution in [-0.2, 0) is 0 Å². The molecular weight excluding hydrogens is 273 g/mol. The average molecular weight is 286 g/mol. The highest BCUT2D eigenvalue weighted by Crippen LogP contribution is 2.33. The maximum atomic E-state index is 6.01. The van der Waals surface area contributed by atoms with Crippen LogP contribution in [0.1, 0.15) is 26.3 Å². The molecule has 18 heavy (non-hydrogen) atoms. The zero-order chi connectivity index (χ0) is 13.3. The lowest BCUT2D eigenvalue weighted by molar-refractivity contribution is 0.469. The molecule has 96 valence electrons. The van der Waals surface area contributed by atoms with Gasteiger partial charge in [0, 0.05) is 5.56 Å². The predicted molar refractivity (Wildman–Crippen MR) is 72.7 cm³/mol. The van der Waals surface area contributed by atoms with Crippen LogP contribution in [0.5, 0.6) is 0 Å². The number of hydrogen-bond acceptors (Lipinski definition) is 4. The van der Waals surface area contributed by atoms with Crippen molar-refractivity contribution in [3.8, 4) is 11.4 Å². The first-order valence-electron chi connectivity index (χ1n) is 5.57. The van der Waals surface area contributed by atoms with E-state index in [1.165, 1.54) is 0 Å². The first-order valence-corrected chi connectivity index (χ1v) is 6.33. The molecule has 0 amide bonds. The largest absolute Gasteiger partial charge is 0.397 e. The van der Waals surface area contributed by atoms with Crippen LogP contribution in [0.3, 0.4) is 0 Å². The van der Waals surface area contributed by atoms with Gasteiger partial charge in [-0.25, -0.2) is 4.68 Å². The maximum absolute atomic E-state index is 6.01. The highest BCUT2D eigenvalue weighted by Gasteiger charge is 2.15. The SMILES string of the molecule is CCC(C)n1nnnc1-c1cc(N)c(Cl)c(Cl)c1. The molecule has 1 atom stereocenters. The molecule has 2 rings (SSSR count). The summed E-state index contributed by atoms with van der Waals surface area (Å²) in [6, 6.07) is 3.63. The second kappa shape index (κ2) is 5.12. The van der Waals surface area contributed by atoms with Gasteiger partial charge < -0.3 is 5.73 Å². The number of halogens is 2. The summed E-state index contributed by atoms with van der Waals surface area (Å²) >= 11 is 11.9. The molecule has 0 saturated carbocycles. The Morgan fingerprint density at radius 2 is 2.11 bits per heavy atom. The summed E-state index contributed by atoms with van der Waals surface area (Å²) in [5.74, 6) is 0.634. The molecule has 0 radical (unpaired) electrons. The van der Waals surface area contributed by atoms with Gasteiger partial charge >= 0.3 is 0 Å². The number of tetrazole rings is 1. The van der Waals surface area contributed by atoms with Crippen molar-refractivity contribution in [1.29, 1.82) is 0 Å². The lowest BCUT2D eigenvalue weighted by atomic mass is 10.1. The van der Waals surface area contributed by atoms with Gasteiger partial charge in [-0.2, -0.15) is 0 Å². The molecule has 0 spiro atoms. The van der Waals surface area contributed by atoms with Crippen molar-refractivity contribution >= 4 is 28.9 Å². The van der Waals surface area contributed by atoms with Gasteiger partial charge in [-0.3, -0.25) is 0 Å². The first-order chi connectivity index (χ1) is 8.54. The molecule has 5 nitrogen and oxygen atoms in total. The van der Waals surface area contributed by atoms with E-state index in [0.717, 1.165) is 12.0 Å². The van der Waals surface area contributed by atoms with Crippen LogP contribution in [-0.4, -0.2) is 20.2 Å². The van der Waals surface area contributed by atoms with Crippen molar-refractivity contribution in [2.45, 2.75) is 26.3 Å². The second-order valence-corrected chi connectivity index (χ2v) is 4.85. The number of aromatic nitrogens is 4. The molecule has 1 heterocycles. The Bertz CT molecular complexity index is 543. The van der Waals surface area contributed by atoms with Gasteiger partial charge in [0.2, 0.25) is 0 Å². The third kappa shape index (κ3) is 2.28.